The largest absolute Gasteiger partial charge is 0.329 e. The lowest BCUT2D eigenvalue weighted by atomic mass is 9.92. The first kappa shape index (κ1) is 16.3. The number of urea groups is 1. The van der Waals surface area contributed by atoms with Crippen molar-refractivity contribution in [3.05, 3.63) is 57.8 Å². The minimum atomic E-state index is -0.982. The molecule has 2 N–H and O–H groups in total. The molecule has 3 heterocycles. The van der Waals surface area contributed by atoms with E-state index in [1.54, 1.807) is 18.3 Å². The van der Waals surface area contributed by atoms with E-state index in [1.807, 2.05) is 30.3 Å². The highest BCUT2D eigenvalue weighted by atomic mass is 32.1. The van der Waals surface area contributed by atoms with Gasteiger partial charge in [-0.2, -0.15) is 0 Å². The second kappa shape index (κ2) is 5.97. The summed E-state index contributed by atoms with van der Waals surface area (Å²) in [7, 11) is 0. The molecule has 0 bridgehead atoms. The fourth-order valence-electron chi connectivity index (χ4n) is 3.88. The van der Waals surface area contributed by atoms with Crippen molar-refractivity contribution in [2.45, 2.75) is 31.8 Å². The van der Waals surface area contributed by atoms with Gasteiger partial charge in [0.25, 0.3) is 5.91 Å². The zero-order chi connectivity index (χ0) is 17.6. The van der Waals surface area contributed by atoms with Crippen LogP contribution < -0.4 is 10.2 Å². The van der Waals surface area contributed by atoms with Crippen molar-refractivity contribution < 1.29 is 14.5 Å². The minimum Gasteiger partial charge on any atom is -0.319 e. The number of imide groups is 1. The van der Waals surface area contributed by atoms with E-state index in [-0.39, 0.29) is 11.9 Å². The summed E-state index contributed by atoms with van der Waals surface area (Å²) in [6, 6.07) is 11.6. The lowest BCUT2D eigenvalue weighted by Gasteiger charge is -2.32. The fourth-order valence-corrected chi connectivity index (χ4v) is 4.86. The Labute approximate surface area is 151 Å². The predicted molar refractivity (Wildman–Crippen MR) is 96.3 cm³/mol. The maximum atomic E-state index is 13.0. The van der Waals surface area contributed by atoms with Crippen LogP contribution in [-0.4, -0.2) is 30.1 Å². The van der Waals surface area contributed by atoms with E-state index in [0.29, 0.717) is 12.7 Å². The van der Waals surface area contributed by atoms with Crippen molar-refractivity contribution in [2.24, 2.45) is 0 Å². The molecule has 2 aliphatic heterocycles. The second-order valence-electron chi connectivity index (χ2n) is 6.99. The summed E-state index contributed by atoms with van der Waals surface area (Å²) in [6.07, 6.45) is 1.01. The average molecular weight is 356 g/mol. The van der Waals surface area contributed by atoms with Gasteiger partial charge in [0.2, 0.25) is 0 Å². The van der Waals surface area contributed by atoms with Crippen molar-refractivity contribution in [3.63, 3.8) is 0 Å². The van der Waals surface area contributed by atoms with E-state index >= 15 is 0 Å². The lowest BCUT2D eigenvalue weighted by Crippen LogP contribution is -3.14. The summed E-state index contributed by atoms with van der Waals surface area (Å²) >= 11 is 1.80. The Morgan fingerprint density at radius 3 is 2.80 bits per heavy atom. The Balaban J connectivity index is 1.56. The number of rotatable bonds is 3. The summed E-state index contributed by atoms with van der Waals surface area (Å²) in [5.74, 6) is -0.167. The fraction of sp³-hybridized carbons (Fsp3) is 0.368. The molecule has 130 valence electrons. The maximum absolute atomic E-state index is 13.0. The summed E-state index contributed by atoms with van der Waals surface area (Å²) < 4.78 is 0. The molecule has 2 aliphatic rings. The van der Waals surface area contributed by atoms with Crippen LogP contribution in [-0.2, 0) is 16.8 Å². The summed E-state index contributed by atoms with van der Waals surface area (Å²) in [5, 5.41) is 5.02. The molecule has 6 heteroatoms. The highest BCUT2D eigenvalue weighted by Gasteiger charge is 2.50. The Hall–Kier alpha value is -2.18. The number of carbonyl (C=O) groups is 2. The van der Waals surface area contributed by atoms with E-state index in [2.05, 4.69) is 23.7 Å². The summed E-state index contributed by atoms with van der Waals surface area (Å²) in [5.41, 5.74) is 1.19. The molecule has 0 spiro atoms. The Bertz CT molecular complexity index is 819. The van der Waals surface area contributed by atoms with Crippen molar-refractivity contribution >= 4 is 23.3 Å². The molecular weight excluding hydrogens is 334 g/mol. The van der Waals surface area contributed by atoms with Gasteiger partial charge in [-0.05, 0) is 30.9 Å². The van der Waals surface area contributed by atoms with Gasteiger partial charge in [-0.15, -0.1) is 11.3 Å². The number of amides is 3. The van der Waals surface area contributed by atoms with Gasteiger partial charge in [-0.1, -0.05) is 30.3 Å². The molecule has 0 saturated carbocycles. The Morgan fingerprint density at radius 1 is 1.28 bits per heavy atom. The summed E-state index contributed by atoms with van der Waals surface area (Å²) in [4.78, 5) is 29.7. The zero-order valence-electron chi connectivity index (χ0n) is 14.4. The smallest absolute Gasteiger partial charge is 0.319 e. The second-order valence-corrected chi connectivity index (χ2v) is 7.99. The van der Waals surface area contributed by atoms with Gasteiger partial charge in [-0.25, -0.2) is 9.69 Å². The van der Waals surface area contributed by atoms with Crippen LogP contribution in [0.5, 0.6) is 0 Å². The van der Waals surface area contributed by atoms with Crippen molar-refractivity contribution in [3.8, 4) is 0 Å². The predicted octanol–water partition coefficient (Wildman–Crippen LogP) is 1.67. The van der Waals surface area contributed by atoms with Gasteiger partial charge < -0.3 is 10.2 Å². The molecule has 3 amide bonds. The monoisotopic (exact) mass is 356 g/mol. The number of quaternary nitrogens is 1. The van der Waals surface area contributed by atoms with Crippen LogP contribution in [0.15, 0.2) is 41.8 Å². The van der Waals surface area contributed by atoms with Gasteiger partial charge in [0.15, 0.2) is 6.67 Å². The van der Waals surface area contributed by atoms with E-state index in [0.717, 1.165) is 18.5 Å². The first-order valence-electron chi connectivity index (χ1n) is 8.61. The van der Waals surface area contributed by atoms with E-state index in [4.69, 9.17) is 0 Å². The first-order chi connectivity index (χ1) is 12.0. The number of thiophene rings is 1. The minimum absolute atomic E-state index is 0.167. The molecule has 1 fully saturated rings. The molecule has 0 radical (unpaired) electrons. The first-order valence-corrected chi connectivity index (χ1v) is 9.49. The van der Waals surface area contributed by atoms with Crippen LogP contribution in [0.25, 0.3) is 0 Å². The molecular formula is C19H22N3O2S+. The van der Waals surface area contributed by atoms with Crippen LogP contribution in [0.3, 0.4) is 0 Å². The third-order valence-electron chi connectivity index (χ3n) is 5.52. The number of nitrogens with one attached hydrogen (secondary N) is 2. The number of nitrogens with zero attached hydrogens (tertiary/aromatic N) is 1. The highest BCUT2D eigenvalue weighted by Crippen LogP contribution is 2.29. The van der Waals surface area contributed by atoms with Gasteiger partial charge in [0, 0.05) is 16.9 Å². The molecule has 4 rings (SSSR count). The number of hydrogen-bond acceptors (Lipinski definition) is 3. The van der Waals surface area contributed by atoms with Crippen molar-refractivity contribution in [1.29, 1.82) is 0 Å². The number of fused-ring (bicyclic) bond motifs is 1. The SMILES string of the molecule is C[C@H]1c2ccsc2CC[NH+]1CN1C(=O)N[C@](C)(c2ccccc2)C1=O. The topological polar surface area (TPSA) is 53.9 Å². The third kappa shape index (κ3) is 2.56. The van der Waals surface area contributed by atoms with Gasteiger partial charge in [0.1, 0.15) is 11.6 Å². The average Bonchev–Trinajstić information content (AvgIpc) is 3.18. The van der Waals surface area contributed by atoms with Crippen LogP contribution in [0, 0.1) is 0 Å². The lowest BCUT2D eigenvalue weighted by molar-refractivity contribution is -0.938. The Morgan fingerprint density at radius 2 is 2.04 bits per heavy atom. The molecule has 1 saturated heterocycles. The van der Waals surface area contributed by atoms with Crippen LogP contribution in [0.2, 0.25) is 0 Å². The third-order valence-corrected chi connectivity index (χ3v) is 6.52. The molecule has 3 atom stereocenters. The Kier molecular flexibility index (Phi) is 3.89. The van der Waals surface area contributed by atoms with E-state index in [1.165, 1.54) is 20.2 Å². The summed E-state index contributed by atoms with van der Waals surface area (Å²) in [6.45, 7) is 5.31. The number of benzene rings is 1. The van der Waals surface area contributed by atoms with E-state index in [9.17, 15) is 9.59 Å². The van der Waals surface area contributed by atoms with Gasteiger partial charge >= 0.3 is 6.03 Å². The molecule has 1 aromatic heterocycles. The molecule has 1 unspecified atom stereocenters. The van der Waals surface area contributed by atoms with Gasteiger partial charge in [0.05, 0.1) is 6.54 Å². The molecule has 0 aliphatic carbocycles. The van der Waals surface area contributed by atoms with Crippen LogP contribution in [0.1, 0.15) is 35.9 Å². The molecule has 2 aromatic rings. The highest BCUT2D eigenvalue weighted by molar-refractivity contribution is 7.10. The standard InChI is InChI=1S/C19H21N3O2S/c1-13-15-9-11-25-16(15)8-10-21(13)12-22-17(23)19(2,20-18(22)24)14-6-4-3-5-7-14/h3-7,9,11,13H,8,10,12H2,1-2H3,(H,20,24)/p+1/t13-,19+/m0/s1. The zero-order valence-corrected chi connectivity index (χ0v) is 15.2. The normalized spacial score (nSPS) is 28.8. The van der Waals surface area contributed by atoms with Gasteiger partial charge in [-0.3, -0.25) is 4.79 Å². The molecule has 1 aromatic carbocycles. The molecule has 5 nitrogen and oxygen atoms in total. The van der Waals surface area contributed by atoms with Crippen molar-refractivity contribution in [1.82, 2.24) is 10.2 Å². The quantitative estimate of drug-likeness (QED) is 0.822. The number of carbonyl (C=O) groups excluding carboxylic acids is 2. The molecule has 25 heavy (non-hydrogen) atoms. The van der Waals surface area contributed by atoms with Crippen molar-refractivity contribution in [2.75, 3.05) is 13.2 Å². The van der Waals surface area contributed by atoms with Crippen LogP contribution >= 0.6 is 11.3 Å². The maximum Gasteiger partial charge on any atom is 0.329 e. The van der Waals surface area contributed by atoms with E-state index < -0.39 is 5.54 Å². The van der Waals surface area contributed by atoms with Crippen LogP contribution in [0.4, 0.5) is 4.79 Å². The number of hydrogen-bond donors (Lipinski definition) is 2.